The zero-order valence-electron chi connectivity index (χ0n) is 16.6. The summed E-state index contributed by atoms with van der Waals surface area (Å²) in [5, 5.41) is 3.04. The van der Waals surface area contributed by atoms with Crippen molar-refractivity contribution in [2.24, 2.45) is 0 Å². The van der Waals surface area contributed by atoms with Gasteiger partial charge in [-0.25, -0.2) is 4.79 Å². The Kier molecular flexibility index (Phi) is 6.26. The van der Waals surface area contributed by atoms with Crippen molar-refractivity contribution in [3.63, 3.8) is 0 Å². The number of hydrogen-bond acceptors (Lipinski definition) is 3. The summed E-state index contributed by atoms with van der Waals surface area (Å²) < 4.78 is 10.9. The summed E-state index contributed by atoms with van der Waals surface area (Å²) in [6, 6.07) is 24.4. The number of esters is 1. The number of hydrogen-bond donors (Lipinski definition) is 0. The minimum atomic E-state index is -0.584. The normalized spacial score (nSPS) is 11.1. The smallest absolute Gasteiger partial charge is 0.345 e. The predicted molar refractivity (Wildman–Crippen MR) is 127 cm³/mol. The van der Waals surface area contributed by atoms with Gasteiger partial charge < -0.3 is 9.47 Å². The van der Waals surface area contributed by atoms with Crippen LogP contribution in [0.1, 0.15) is 21.5 Å². The second-order valence-electron chi connectivity index (χ2n) is 6.83. The number of halogens is 2. The Morgan fingerprint density at radius 2 is 1.65 bits per heavy atom. The highest BCUT2D eigenvalue weighted by molar-refractivity contribution is 6.36. The van der Waals surface area contributed by atoms with Crippen molar-refractivity contribution in [3.05, 3.63) is 106 Å². The van der Waals surface area contributed by atoms with E-state index in [4.69, 9.17) is 32.7 Å². The quantitative estimate of drug-likeness (QED) is 0.179. The lowest BCUT2D eigenvalue weighted by atomic mass is 10.0. The van der Waals surface area contributed by atoms with Gasteiger partial charge in [0.05, 0.1) is 17.7 Å². The van der Waals surface area contributed by atoms with Crippen LogP contribution in [0.15, 0.2) is 78.9 Å². The Labute approximate surface area is 190 Å². The second kappa shape index (κ2) is 9.25. The van der Waals surface area contributed by atoms with E-state index in [0.717, 1.165) is 11.1 Å². The lowest BCUT2D eigenvalue weighted by Crippen LogP contribution is -2.10. The third-order valence-corrected chi connectivity index (χ3v) is 5.37. The standard InChI is InChI=1S/C26H18Cl2O3/c1-30-25-15-17(9-11-19-7-4-6-18-5-2-3-8-21(18)19)10-14-24(25)31-26(29)22-13-12-20(27)16-23(22)28/h2-16H,1H3/b11-9+. The molecule has 0 amide bonds. The van der Waals surface area contributed by atoms with Crippen LogP contribution in [0.4, 0.5) is 0 Å². The molecule has 0 aromatic heterocycles. The van der Waals surface area contributed by atoms with Crippen LogP contribution in [0.25, 0.3) is 22.9 Å². The maximum absolute atomic E-state index is 12.5. The summed E-state index contributed by atoms with van der Waals surface area (Å²) in [6.45, 7) is 0. The molecule has 0 saturated heterocycles. The molecule has 0 fully saturated rings. The van der Waals surface area contributed by atoms with Crippen LogP contribution >= 0.6 is 23.2 Å². The van der Waals surface area contributed by atoms with Gasteiger partial charge in [-0.2, -0.15) is 0 Å². The van der Waals surface area contributed by atoms with Gasteiger partial charge in [0.25, 0.3) is 0 Å². The van der Waals surface area contributed by atoms with Crippen molar-refractivity contribution >= 4 is 52.1 Å². The van der Waals surface area contributed by atoms with Gasteiger partial charge in [-0.15, -0.1) is 0 Å². The SMILES string of the molecule is COc1cc(/C=C/c2cccc3ccccc23)ccc1OC(=O)c1ccc(Cl)cc1Cl. The first-order valence-corrected chi connectivity index (χ1v) is 10.3. The molecule has 0 spiro atoms. The van der Waals surface area contributed by atoms with Crippen molar-refractivity contribution < 1.29 is 14.3 Å². The molecule has 0 saturated carbocycles. The fraction of sp³-hybridized carbons (Fsp3) is 0.0385. The number of carbonyl (C=O) groups excluding carboxylic acids is 1. The van der Waals surface area contributed by atoms with E-state index in [1.165, 1.54) is 30.0 Å². The molecule has 0 aliphatic carbocycles. The van der Waals surface area contributed by atoms with Crippen molar-refractivity contribution in [2.45, 2.75) is 0 Å². The first kappa shape index (κ1) is 21.0. The molecule has 5 heteroatoms. The maximum Gasteiger partial charge on any atom is 0.345 e. The number of ether oxygens (including phenoxy) is 2. The van der Waals surface area contributed by atoms with Crippen LogP contribution in [0.5, 0.6) is 11.5 Å². The topological polar surface area (TPSA) is 35.5 Å². The third-order valence-electron chi connectivity index (χ3n) is 4.82. The monoisotopic (exact) mass is 448 g/mol. The number of benzene rings is 4. The van der Waals surface area contributed by atoms with Crippen molar-refractivity contribution in [2.75, 3.05) is 7.11 Å². The van der Waals surface area contributed by atoms with Gasteiger partial charge in [-0.1, -0.05) is 83.9 Å². The average molecular weight is 449 g/mol. The van der Waals surface area contributed by atoms with E-state index in [1.54, 1.807) is 12.1 Å². The molecule has 154 valence electrons. The number of methoxy groups -OCH3 is 1. The Morgan fingerprint density at radius 1 is 0.839 bits per heavy atom. The van der Waals surface area contributed by atoms with Crippen LogP contribution in [0, 0.1) is 0 Å². The fourth-order valence-corrected chi connectivity index (χ4v) is 3.75. The molecule has 0 unspecified atom stereocenters. The summed E-state index contributed by atoms with van der Waals surface area (Å²) in [5.74, 6) is 0.165. The Bertz CT molecular complexity index is 1290. The van der Waals surface area contributed by atoms with Crippen LogP contribution in [0.2, 0.25) is 10.0 Å². The molecule has 31 heavy (non-hydrogen) atoms. The van der Waals surface area contributed by atoms with Crippen molar-refractivity contribution in [1.29, 1.82) is 0 Å². The highest BCUT2D eigenvalue weighted by Crippen LogP contribution is 2.31. The number of fused-ring (bicyclic) bond motifs is 1. The highest BCUT2D eigenvalue weighted by atomic mass is 35.5. The van der Waals surface area contributed by atoms with Crippen LogP contribution in [-0.4, -0.2) is 13.1 Å². The van der Waals surface area contributed by atoms with Gasteiger partial charge >= 0.3 is 5.97 Å². The van der Waals surface area contributed by atoms with Crippen LogP contribution in [0.3, 0.4) is 0 Å². The van der Waals surface area contributed by atoms with E-state index in [0.29, 0.717) is 16.5 Å². The molecular formula is C26H18Cl2O3. The minimum absolute atomic E-state index is 0.228. The fourth-order valence-electron chi connectivity index (χ4n) is 3.26. The molecule has 4 aromatic carbocycles. The molecule has 0 atom stereocenters. The van der Waals surface area contributed by atoms with E-state index in [-0.39, 0.29) is 10.6 Å². The number of rotatable bonds is 5. The molecule has 4 aromatic rings. The molecule has 3 nitrogen and oxygen atoms in total. The summed E-state index contributed by atoms with van der Waals surface area (Å²) in [7, 11) is 1.53. The predicted octanol–water partition coefficient (Wildman–Crippen LogP) is 7.54. The van der Waals surface area contributed by atoms with E-state index in [1.807, 2.05) is 36.4 Å². The minimum Gasteiger partial charge on any atom is -0.493 e. The lowest BCUT2D eigenvalue weighted by molar-refractivity contribution is 0.0730. The van der Waals surface area contributed by atoms with E-state index in [9.17, 15) is 4.79 Å². The van der Waals surface area contributed by atoms with Gasteiger partial charge in [0.1, 0.15) is 0 Å². The average Bonchev–Trinajstić information content (AvgIpc) is 2.78. The molecule has 0 aliphatic heterocycles. The second-order valence-corrected chi connectivity index (χ2v) is 7.67. The summed E-state index contributed by atoms with van der Waals surface area (Å²) in [6.07, 6.45) is 4.04. The molecule has 0 N–H and O–H groups in total. The molecule has 4 rings (SSSR count). The van der Waals surface area contributed by atoms with E-state index < -0.39 is 5.97 Å². The van der Waals surface area contributed by atoms with Gasteiger partial charge in [0, 0.05) is 5.02 Å². The molecule has 0 radical (unpaired) electrons. The maximum atomic E-state index is 12.5. The van der Waals surface area contributed by atoms with Crippen LogP contribution < -0.4 is 9.47 Å². The molecular weight excluding hydrogens is 431 g/mol. The first-order chi connectivity index (χ1) is 15.0. The summed E-state index contributed by atoms with van der Waals surface area (Å²) in [4.78, 5) is 12.5. The molecule has 0 aliphatic rings. The molecule has 0 heterocycles. The number of carbonyl (C=O) groups is 1. The Hall–Kier alpha value is -3.27. The summed E-state index contributed by atoms with van der Waals surface area (Å²) in [5.41, 5.74) is 2.26. The zero-order valence-corrected chi connectivity index (χ0v) is 18.2. The largest absolute Gasteiger partial charge is 0.493 e. The van der Waals surface area contributed by atoms with Gasteiger partial charge in [0.15, 0.2) is 11.5 Å². The van der Waals surface area contributed by atoms with Gasteiger partial charge in [0.2, 0.25) is 0 Å². The third kappa shape index (κ3) is 4.74. The lowest BCUT2D eigenvalue weighted by Gasteiger charge is -2.11. The first-order valence-electron chi connectivity index (χ1n) is 9.56. The van der Waals surface area contributed by atoms with Crippen molar-refractivity contribution in [1.82, 2.24) is 0 Å². The van der Waals surface area contributed by atoms with Gasteiger partial charge in [-0.05, 0) is 52.2 Å². The van der Waals surface area contributed by atoms with E-state index >= 15 is 0 Å². The van der Waals surface area contributed by atoms with Crippen molar-refractivity contribution in [3.8, 4) is 11.5 Å². The highest BCUT2D eigenvalue weighted by Gasteiger charge is 2.16. The van der Waals surface area contributed by atoms with Gasteiger partial charge in [-0.3, -0.25) is 0 Å². The summed E-state index contributed by atoms with van der Waals surface area (Å²) >= 11 is 12.0. The Balaban J connectivity index is 1.58. The van der Waals surface area contributed by atoms with Crippen LogP contribution in [-0.2, 0) is 0 Å². The molecule has 0 bridgehead atoms. The Morgan fingerprint density at radius 3 is 2.45 bits per heavy atom. The zero-order chi connectivity index (χ0) is 21.8. The van der Waals surface area contributed by atoms with E-state index in [2.05, 4.69) is 30.3 Å².